The summed E-state index contributed by atoms with van der Waals surface area (Å²) in [7, 11) is 0. The van der Waals surface area contributed by atoms with Crippen LogP contribution in [0.3, 0.4) is 0 Å². The van der Waals surface area contributed by atoms with Crippen molar-refractivity contribution in [3.05, 3.63) is 0 Å². The van der Waals surface area contributed by atoms with Crippen molar-refractivity contribution in [2.45, 2.75) is 33.2 Å². The van der Waals surface area contributed by atoms with E-state index in [2.05, 4.69) is 10.6 Å². The minimum absolute atomic E-state index is 0.0751. The largest absolute Gasteiger partial charge is 0.480 e. The molecule has 0 aromatic heterocycles. The second-order valence-corrected chi connectivity index (χ2v) is 4.90. The summed E-state index contributed by atoms with van der Waals surface area (Å²) in [5.41, 5.74) is -0.614. The molecule has 0 aliphatic heterocycles. The van der Waals surface area contributed by atoms with Crippen molar-refractivity contribution in [1.29, 1.82) is 0 Å². The molecule has 2 amide bonds. The third kappa shape index (κ3) is 6.19. The quantitative estimate of drug-likeness (QED) is 0.494. The zero-order valence-electron chi connectivity index (χ0n) is 10.8. The Balaban J connectivity index is 4.18. The Bertz CT molecular complexity index is 322. The van der Waals surface area contributed by atoms with Crippen LogP contribution in [-0.2, 0) is 14.4 Å². The summed E-state index contributed by atoms with van der Waals surface area (Å²) in [5.74, 6) is -2.13. The summed E-state index contributed by atoms with van der Waals surface area (Å²) in [6, 6.07) is -1.14. The number of aliphatic hydroxyl groups excluding tert-OH is 1. The summed E-state index contributed by atoms with van der Waals surface area (Å²) < 4.78 is 0. The fourth-order valence-electron chi connectivity index (χ4n) is 1.06. The maximum absolute atomic E-state index is 11.5. The number of carbonyl (C=O) groups excluding carboxylic acids is 2. The molecule has 0 rings (SSSR count). The van der Waals surface area contributed by atoms with E-state index in [1.165, 1.54) is 0 Å². The number of carboxylic acid groups (broad SMARTS) is 1. The van der Waals surface area contributed by atoms with Gasteiger partial charge in [-0.1, -0.05) is 20.8 Å². The summed E-state index contributed by atoms with van der Waals surface area (Å²) in [6.45, 7) is 4.47. The van der Waals surface area contributed by atoms with Crippen LogP contribution in [0.2, 0.25) is 0 Å². The Morgan fingerprint density at radius 1 is 1.22 bits per heavy atom. The summed E-state index contributed by atoms with van der Waals surface area (Å²) in [4.78, 5) is 33.6. The summed E-state index contributed by atoms with van der Waals surface area (Å²) in [6.07, 6.45) is -0.0751. The number of carboxylic acids is 1. The van der Waals surface area contributed by atoms with Crippen LogP contribution in [0, 0.1) is 5.41 Å². The Morgan fingerprint density at radius 3 is 2.17 bits per heavy atom. The third-order valence-electron chi connectivity index (χ3n) is 2.14. The maximum atomic E-state index is 11.5. The average molecular weight is 260 g/mol. The highest BCUT2D eigenvalue weighted by atomic mass is 16.4. The monoisotopic (exact) mass is 260 g/mol. The number of hydrogen-bond acceptors (Lipinski definition) is 4. The van der Waals surface area contributed by atoms with Gasteiger partial charge in [-0.25, -0.2) is 4.79 Å². The van der Waals surface area contributed by atoms with E-state index in [9.17, 15) is 14.4 Å². The van der Waals surface area contributed by atoms with Gasteiger partial charge in [0.1, 0.15) is 6.04 Å². The topological polar surface area (TPSA) is 116 Å². The average Bonchev–Trinajstić information content (AvgIpc) is 2.23. The van der Waals surface area contributed by atoms with E-state index in [0.29, 0.717) is 0 Å². The van der Waals surface area contributed by atoms with E-state index in [0.717, 1.165) is 0 Å². The predicted molar refractivity (Wildman–Crippen MR) is 63.7 cm³/mol. The molecule has 0 aromatic carbocycles. The number of amides is 2. The number of rotatable bonds is 6. The van der Waals surface area contributed by atoms with Crippen LogP contribution >= 0.6 is 0 Å². The van der Waals surface area contributed by atoms with Gasteiger partial charge in [-0.2, -0.15) is 0 Å². The van der Waals surface area contributed by atoms with Crippen molar-refractivity contribution in [3.8, 4) is 0 Å². The fraction of sp³-hybridized carbons (Fsp3) is 0.727. The van der Waals surface area contributed by atoms with Gasteiger partial charge in [0.15, 0.2) is 0 Å². The number of hydrogen-bond donors (Lipinski definition) is 4. The van der Waals surface area contributed by atoms with Crippen LogP contribution < -0.4 is 10.6 Å². The molecule has 0 aromatic rings. The number of aliphatic carboxylic acids is 1. The van der Waals surface area contributed by atoms with E-state index in [4.69, 9.17) is 10.2 Å². The van der Waals surface area contributed by atoms with Gasteiger partial charge in [-0.3, -0.25) is 9.59 Å². The molecule has 0 aliphatic carbocycles. The van der Waals surface area contributed by atoms with Crippen molar-refractivity contribution in [2.75, 3.05) is 13.2 Å². The van der Waals surface area contributed by atoms with Gasteiger partial charge < -0.3 is 20.8 Å². The van der Waals surface area contributed by atoms with Crippen LogP contribution in [0.4, 0.5) is 0 Å². The molecule has 0 saturated heterocycles. The molecule has 0 bridgehead atoms. The molecule has 0 unspecified atom stereocenters. The Morgan fingerprint density at radius 2 is 1.78 bits per heavy atom. The highest BCUT2D eigenvalue weighted by molar-refractivity contribution is 5.89. The zero-order chi connectivity index (χ0) is 14.3. The Hall–Kier alpha value is -1.63. The SMILES string of the molecule is CC(C)(C)C(=O)NCC(=O)N[C@H](CCO)C(=O)O. The molecule has 4 N–H and O–H groups in total. The second-order valence-electron chi connectivity index (χ2n) is 4.90. The van der Waals surface area contributed by atoms with Crippen molar-refractivity contribution in [1.82, 2.24) is 10.6 Å². The van der Waals surface area contributed by atoms with E-state index < -0.39 is 23.3 Å². The molecule has 7 heteroatoms. The zero-order valence-corrected chi connectivity index (χ0v) is 10.8. The lowest BCUT2D eigenvalue weighted by Crippen LogP contribution is -2.47. The molecule has 0 heterocycles. The van der Waals surface area contributed by atoms with Crippen molar-refractivity contribution in [3.63, 3.8) is 0 Å². The molecule has 0 saturated carbocycles. The van der Waals surface area contributed by atoms with Gasteiger partial charge in [-0.15, -0.1) is 0 Å². The highest BCUT2D eigenvalue weighted by Crippen LogP contribution is 2.11. The Kier molecular flexibility index (Phi) is 6.32. The third-order valence-corrected chi connectivity index (χ3v) is 2.14. The second kappa shape index (κ2) is 6.95. The lowest BCUT2D eigenvalue weighted by molar-refractivity contribution is -0.142. The van der Waals surface area contributed by atoms with Gasteiger partial charge in [-0.05, 0) is 0 Å². The lowest BCUT2D eigenvalue weighted by atomic mass is 9.96. The van der Waals surface area contributed by atoms with Crippen LogP contribution in [0.5, 0.6) is 0 Å². The molecule has 0 radical (unpaired) electrons. The summed E-state index contributed by atoms with van der Waals surface area (Å²) >= 11 is 0. The highest BCUT2D eigenvalue weighted by Gasteiger charge is 2.23. The van der Waals surface area contributed by atoms with Crippen molar-refractivity contribution >= 4 is 17.8 Å². The lowest BCUT2D eigenvalue weighted by Gasteiger charge is -2.18. The summed E-state index contributed by atoms with van der Waals surface area (Å²) in [5, 5.41) is 22.0. The molecule has 7 nitrogen and oxygen atoms in total. The number of nitrogens with one attached hydrogen (secondary N) is 2. The molecule has 0 spiro atoms. The first-order chi connectivity index (χ1) is 8.18. The van der Waals surface area contributed by atoms with E-state index in [1.54, 1.807) is 20.8 Å². The van der Waals surface area contributed by atoms with Gasteiger partial charge in [0.2, 0.25) is 11.8 Å². The smallest absolute Gasteiger partial charge is 0.326 e. The van der Waals surface area contributed by atoms with Crippen LogP contribution in [0.25, 0.3) is 0 Å². The van der Waals surface area contributed by atoms with Crippen LogP contribution in [0.1, 0.15) is 27.2 Å². The minimum Gasteiger partial charge on any atom is -0.480 e. The van der Waals surface area contributed by atoms with Gasteiger partial charge >= 0.3 is 5.97 Å². The molecule has 18 heavy (non-hydrogen) atoms. The van der Waals surface area contributed by atoms with Gasteiger partial charge in [0.25, 0.3) is 0 Å². The van der Waals surface area contributed by atoms with Crippen molar-refractivity contribution in [2.24, 2.45) is 5.41 Å². The van der Waals surface area contributed by atoms with E-state index >= 15 is 0 Å². The predicted octanol–water partition coefficient (Wildman–Crippen LogP) is -0.899. The fourth-order valence-corrected chi connectivity index (χ4v) is 1.06. The van der Waals surface area contributed by atoms with E-state index in [1.807, 2.05) is 0 Å². The number of carbonyl (C=O) groups is 3. The van der Waals surface area contributed by atoms with Gasteiger partial charge in [0, 0.05) is 18.4 Å². The van der Waals surface area contributed by atoms with Crippen molar-refractivity contribution < 1.29 is 24.6 Å². The first-order valence-corrected chi connectivity index (χ1v) is 5.59. The van der Waals surface area contributed by atoms with Crippen LogP contribution in [-0.4, -0.2) is 47.2 Å². The van der Waals surface area contributed by atoms with Crippen LogP contribution in [0.15, 0.2) is 0 Å². The Labute approximate surface area is 106 Å². The normalized spacial score (nSPS) is 12.7. The van der Waals surface area contributed by atoms with Gasteiger partial charge in [0.05, 0.1) is 6.54 Å². The minimum atomic E-state index is -1.22. The molecule has 0 aliphatic rings. The first kappa shape index (κ1) is 16.4. The molecular formula is C11H20N2O5. The molecule has 0 fully saturated rings. The molecule has 104 valence electrons. The number of aliphatic hydroxyl groups is 1. The standard InChI is InChI=1S/C11H20N2O5/c1-11(2,3)10(18)12-6-8(15)13-7(4-5-14)9(16)17/h7,14H,4-6H2,1-3H3,(H,12,18)(H,13,15)(H,16,17)/t7-/m1/s1. The molecular weight excluding hydrogens is 240 g/mol. The first-order valence-electron chi connectivity index (χ1n) is 5.59. The van der Waals surface area contributed by atoms with E-state index in [-0.39, 0.29) is 25.5 Å². The molecule has 1 atom stereocenters. The maximum Gasteiger partial charge on any atom is 0.326 e.